The van der Waals surface area contributed by atoms with Gasteiger partial charge in [0.1, 0.15) is 17.9 Å². The topological polar surface area (TPSA) is 91.0 Å². The van der Waals surface area contributed by atoms with Gasteiger partial charge in [0.25, 0.3) is 5.91 Å². The van der Waals surface area contributed by atoms with Crippen molar-refractivity contribution in [3.63, 3.8) is 0 Å². The zero-order valence-corrected chi connectivity index (χ0v) is 21.6. The Bertz CT molecular complexity index is 1150. The van der Waals surface area contributed by atoms with Crippen LogP contribution in [-0.2, 0) is 22.7 Å². The lowest BCUT2D eigenvalue weighted by Gasteiger charge is -2.39. The second-order valence-electron chi connectivity index (χ2n) is 10.8. The monoisotopic (exact) mass is 504 g/mol. The van der Waals surface area contributed by atoms with E-state index in [1.807, 2.05) is 18.2 Å². The van der Waals surface area contributed by atoms with E-state index in [4.69, 9.17) is 4.74 Å². The van der Waals surface area contributed by atoms with E-state index < -0.39 is 11.9 Å². The van der Waals surface area contributed by atoms with E-state index in [9.17, 15) is 14.4 Å². The van der Waals surface area contributed by atoms with Gasteiger partial charge in [-0.05, 0) is 54.6 Å². The van der Waals surface area contributed by atoms with Crippen molar-refractivity contribution in [1.82, 2.24) is 20.4 Å². The van der Waals surface area contributed by atoms with Crippen LogP contribution in [0.4, 0.5) is 0 Å². The normalized spacial score (nSPS) is 24.4. The fourth-order valence-electron chi connectivity index (χ4n) is 5.66. The lowest BCUT2D eigenvalue weighted by molar-refractivity contribution is -0.136. The van der Waals surface area contributed by atoms with E-state index >= 15 is 0 Å². The molecule has 3 aliphatic rings. The summed E-state index contributed by atoms with van der Waals surface area (Å²) in [5, 5.41) is 6.07. The van der Waals surface area contributed by atoms with Crippen LogP contribution in [0.25, 0.3) is 0 Å². The van der Waals surface area contributed by atoms with Gasteiger partial charge in [-0.1, -0.05) is 44.2 Å². The first kappa shape index (κ1) is 25.4. The minimum Gasteiger partial charge on any atom is -0.487 e. The predicted octanol–water partition coefficient (Wildman–Crippen LogP) is 2.72. The molecule has 196 valence electrons. The van der Waals surface area contributed by atoms with Gasteiger partial charge in [0.15, 0.2) is 0 Å². The van der Waals surface area contributed by atoms with E-state index in [0.717, 1.165) is 43.9 Å². The molecule has 3 aliphatic heterocycles. The molecule has 2 fully saturated rings. The van der Waals surface area contributed by atoms with Crippen molar-refractivity contribution in [3.05, 3.63) is 65.2 Å². The minimum atomic E-state index is -0.614. The smallest absolute Gasteiger partial charge is 0.255 e. The summed E-state index contributed by atoms with van der Waals surface area (Å²) < 4.78 is 6.59. The molecule has 2 saturated heterocycles. The number of fused-ring (bicyclic) bond motifs is 1. The quantitative estimate of drug-likeness (QED) is 0.538. The molecule has 8 nitrogen and oxygen atoms in total. The average Bonchev–Trinajstić information content (AvgIpc) is 3.19. The van der Waals surface area contributed by atoms with Crippen LogP contribution in [0.1, 0.15) is 54.6 Å². The van der Waals surface area contributed by atoms with E-state index in [-0.39, 0.29) is 30.4 Å². The number of carbonyl (C=O) groups excluding carboxylic acids is 3. The summed E-state index contributed by atoms with van der Waals surface area (Å²) in [6, 6.07) is 15.6. The Kier molecular flexibility index (Phi) is 7.58. The van der Waals surface area contributed by atoms with Crippen molar-refractivity contribution in [3.8, 4) is 5.75 Å². The van der Waals surface area contributed by atoms with Crippen LogP contribution < -0.4 is 15.4 Å². The number of imide groups is 1. The van der Waals surface area contributed by atoms with Crippen LogP contribution in [0.2, 0.25) is 0 Å². The number of carbonyl (C=O) groups is 3. The molecule has 2 aromatic carbocycles. The van der Waals surface area contributed by atoms with Crippen LogP contribution in [-0.4, -0.2) is 65.3 Å². The summed E-state index contributed by atoms with van der Waals surface area (Å²) in [7, 11) is 0. The van der Waals surface area contributed by atoms with E-state index in [0.29, 0.717) is 24.4 Å². The van der Waals surface area contributed by atoms with Gasteiger partial charge in [0, 0.05) is 44.2 Å². The first-order valence-corrected chi connectivity index (χ1v) is 13.3. The van der Waals surface area contributed by atoms with Crippen molar-refractivity contribution in [2.24, 2.45) is 5.92 Å². The second kappa shape index (κ2) is 11.0. The summed E-state index contributed by atoms with van der Waals surface area (Å²) in [6.45, 7) is 8.51. The Morgan fingerprint density at radius 2 is 1.89 bits per heavy atom. The second-order valence-corrected chi connectivity index (χ2v) is 10.8. The highest BCUT2D eigenvalue weighted by molar-refractivity contribution is 6.05. The lowest BCUT2D eigenvalue weighted by Crippen LogP contribution is -2.55. The van der Waals surface area contributed by atoms with Crippen LogP contribution >= 0.6 is 0 Å². The SMILES string of the molecule is CC(C)CN1CC[C@H](NCc2ccccc2)[C@@H](Oc2ccc3c(c2)CN(C2CCC(=O)NC2=O)C3=O)C1. The molecule has 3 atom stereocenters. The fraction of sp³-hybridized carbons (Fsp3) is 0.483. The van der Waals surface area contributed by atoms with E-state index in [2.05, 4.69) is 53.6 Å². The number of amides is 3. The van der Waals surface area contributed by atoms with Gasteiger partial charge in [-0.15, -0.1) is 0 Å². The number of rotatable bonds is 8. The molecule has 1 unspecified atom stereocenters. The van der Waals surface area contributed by atoms with Gasteiger partial charge in [0.05, 0.1) is 0 Å². The maximum absolute atomic E-state index is 13.0. The summed E-state index contributed by atoms with van der Waals surface area (Å²) in [5.41, 5.74) is 2.70. The molecule has 0 spiro atoms. The van der Waals surface area contributed by atoms with E-state index in [1.54, 1.807) is 11.0 Å². The Morgan fingerprint density at radius 3 is 2.65 bits per heavy atom. The molecule has 0 saturated carbocycles. The third-order valence-electron chi connectivity index (χ3n) is 7.46. The molecule has 0 aromatic heterocycles. The van der Waals surface area contributed by atoms with Gasteiger partial charge in [-0.2, -0.15) is 0 Å². The Labute approximate surface area is 218 Å². The zero-order chi connectivity index (χ0) is 25.9. The molecule has 0 aliphatic carbocycles. The first-order chi connectivity index (χ1) is 17.9. The molecule has 5 rings (SSSR count). The van der Waals surface area contributed by atoms with Crippen molar-refractivity contribution >= 4 is 17.7 Å². The van der Waals surface area contributed by atoms with Crippen LogP contribution in [0, 0.1) is 5.92 Å². The molecule has 37 heavy (non-hydrogen) atoms. The maximum Gasteiger partial charge on any atom is 0.255 e. The Hall–Kier alpha value is -3.23. The van der Waals surface area contributed by atoms with Crippen LogP contribution in [0.5, 0.6) is 5.75 Å². The molecule has 8 heteroatoms. The number of ether oxygens (including phenoxy) is 1. The first-order valence-electron chi connectivity index (χ1n) is 13.3. The number of benzene rings is 2. The Balaban J connectivity index is 1.29. The minimum absolute atomic E-state index is 0.0300. The summed E-state index contributed by atoms with van der Waals surface area (Å²) in [5.74, 6) is 0.474. The number of hydrogen-bond donors (Lipinski definition) is 2. The van der Waals surface area contributed by atoms with Gasteiger partial charge in [-0.25, -0.2) is 0 Å². The molecule has 0 radical (unpaired) electrons. The molecular formula is C29H36N4O4. The number of piperidine rings is 2. The largest absolute Gasteiger partial charge is 0.487 e. The molecule has 3 heterocycles. The number of nitrogens with one attached hydrogen (secondary N) is 2. The standard InChI is InChI=1S/C29H36N4O4/c1-19(2)16-32-13-12-24(30-15-20-6-4-3-5-7-20)26(18-32)37-22-8-9-23-21(14-22)17-33(29(23)36)25-10-11-27(34)31-28(25)35/h3-9,14,19,24-26,30H,10-13,15-18H2,1-2H3,(H,31,34,35)/t24-,25?,26-/m0/s1. The summed E-state index contributed by atoms with van der Waals surface area (Å²) in [4.78, 5) is 41.0. The highest BCUT2D eigenvalue weighted by Crippen LogP contribution is 2.31. The third kappa shape index (κ3) is 5.86. The van der Waals surface area contributed by atoms with Crippen molar-refractivity contribution in [1.29, 1.82) is 0 Å². The molecule has 2 aromatic rings. The zero-order valence-electron chi connectivity index (χ0n) is 21.6. The summed E-state index contributed by atoms with van der Waals surface area (Å²) >= 11 is 0. The predicted molar refractivity (Wildman–Crippen MR) is 140 cm³/mol. The van der Waals surface area contributed by atoms with E-state index in [1.165, 1.54) is 5.56 Å². The third-order valence-corrected chi connectivity index (χ3v) is 7.46. The maximum atomic E-state index is 13.0. The van der Waals surface area contributed by atoms with Gasteiger partial charge in [0.2, 0.25) is 11.8 Å². The van der Waals surface area contributed by atoms with Gasteiger partial charge >= 0.3 is 0 Å². The molecular weight excluding hydrogens is 468 g/mol. The molecule has 2 N–H and O–H groups in total. The van der Waals surface area contributed by atoms with Crippen molar-refractivity contribution < 1.29 is 19.1 Å². The number of nitrogens with zero attached hydrogens (tertiary/aromatic N) is 2. The Morgan fingerprint density at radius 1 is 1.08 bits per heavy atom. The number of likely N-dealkylation sites (tertiary alicyclic amines) is 1. The summed E-state index contributed by atoms with van der Waals surface area (Å²) in [6.07, 6.45) is 1.57. The van der Waals surface area contributed by atoms with Crippen molar-refractivity contribution in [2.45, 2.75) is 64.4 Å². The van der Waals surface area contributed by atoms with Gasteiger partial charge < -0.3 is 15.0 Å². The van der Waals surface area contributed by atoms with Crippen LogP contribution in [0.15, 0.2) is 48.5 Å². The average molecular weight is 505 g/mol. The highest BCUT2D eigenvalue weighted by Gasteiger charge is 2.39. The van der Waals surface area contributed by atoms with Crippen molar-refractivity contribution in [2.75, 3.05) is 19.6 Å². The lowest BCUT2D eigenvalue weighted by atomic mass is 9.99. The van der Waals surface area contributed by atoms with Crippen LogP contribution in [0.3, 0.4) is 0 Å². The highest BCUT2D eigenvalue weighted by atomic mass is 16.5. The van der Waals surface area contributed by atoms with Gasteiger partial charge in [-0.3, -0.25) is 24.6 Å². The fourth-order valence-corrected chi connectivity index (χ4v) is 5.66. The molecule has 3 amide bonds. The molecule has 0 bridgehead atoms. The number of hydrogen-bond acceptors (Lipinski definition) is 6.